The minimum Gasteiger partial charge on any atom is -0.345 e. The molecule has 7 nitrogen and oxygen atoms in total. The van der Waals surface area contributed by atoms with Crippen LogP contribution in [0.1, 0.15) is 50.4 Å². The third kappa shape index (κ3) is 6.81. The number of carbonyl (C=O) groups excluding carboxylic acids is 2. The van der Waals surface area contributed by atoms with Gasteiger partial charge in [-0.3, -0.25) is 20.4 Å². The van der Waals surface area contributed by atoms with Gasteiger partial charge in [0, 0.05) is 37.0 Å². The quantitative estimate of drug-likeness (QED) is 0.549. The van der Waals surface area contributed by atoms with Gasteiger partial charge in [-0.1, -0.05) is 26.0 Å². The molecule has 1 aromatic heterocycles. The van der Waals surface area contributed by atoms with Crippen LogP contribution in [0, 0.1) is 11.7 Å². The van der Waals surface area contributed by atoms with Gasteiger partial charge in [-0.25, -0.2) is 9.37 Å². The molecule has 0 saturated carbocycles. The molecule has 0 aliphatic carbocycles. The smallest absolute Gasteiger partial charge is 0.228 e. The summed E-state index contributed by atoms with van der Waals surface area (Å²) >= 11 is 1.33. The fourth-order valence-electron chi connectivity index (χ4n) is 3.44. The lowest BCUT2D eigenvalue weighted by atomic mass is 9.99. The van der Waals surface area contributed by atoms with Crippen molar-refractivity contribution in [3.8, 4) is 0 Å². The molecule has 9 heteroatoms. The average molecular weight is 448 g/mol. The minimum atomic E-state index is -0.225. The van der Waals surface area contributed by atoms with E-state index in [0.717, 1.165) is 24.8 Å². The van der Waals surface area contributed by atoms with Crippen LogP contribution in [0.25, 0.3) is 0 Å². The fraction of sp³-hybridized carbons (Fsp3) is 0.500. The lowest BCUT2D eigenvalue weighted by Crippen LogP contribution is -2.33. The fourth-order valence-corrected chi connectivity index (χ4v) is 4.15. The first-order chi connectivity index (χ1) is 14.8. The van der Waals surface area contributed by atoms with Crippen LogP contribution >= 0.6 is 11.3 Å². The maximum atomic E-state index is 13.4. The molecule has 1 fully saturated rings. The summed E-state index contributed by atoms with van der Waals surface area (Å²) in [6.07, 6.45) is 2.88. The monoisotopic (exact) mass is 447 g/mol. The van der Waals surface area contributed by atoms with Crippen LogP contribution in [0.3, 0.4) is 0 Å². The molecule has 1 aromatic carbocycles. The van der Waals surface area contributed by atoms with Gasteiger partial charge in [0.05, 0.1) is 12.1 Å². The number of hydrazine groups is 1. The number of amides is 2. The molecule has 3 rings (SSSR count). The summed E-state index contributed by atoms with van der Waals surface area (Å²) < 4.78 is 13.4. The van der Waals surface area contributed by atoms with Gasteiger partial charge in [-0.15, -0.1) is 11.3 Å². The Morgan fingerprint density at radius 1 is 1.35 bits per heavy atom. The number of aromatic nitrogens is 1. The average Bonchev–Trinajstić information content (AvgIpc) is 3.37. The minimum absolute atomic E-state index is 0.00202. The van der Waals surface area contributed by atoms with Gasteiger partial charge >= 0.3 is 0 Å². The van der Waals surface area contributed by atoms with Crippen molar-refractivity contribution in [3.05, 3.63) is 46.7 Å². The second kappa shape index (κ2) is 10.8. The number of nitrogens with zero attached hydrogens (tertiary/aromatic N) is 2. The molecule has 2 aromatic rings. The molecular weight excluding hydrogens is 417 g/mol. The summed E-state index contributed by atoms with van der Waals surface area (Å²) in [6.45, 7) is 4.30. The summed E-state index contributed by atoms with van der Waals surface area (Å²) in [5, 5.41) is 5.09. The highest BCUT2D eigenvalue weighted by Crippen LogP contribution is 2.24. The first kappa shape index (κ1) is 23.3. The van der Waals surface area contributed by atoms with Gasteiger partial charge in [0.25, 0.3) is 0 Å². The van der Waals surface area contributed by atoms with E-state index in [4.69, 9.17) is 0 Å². The molecule has 2 amide bonds. The molecule has 2 atom stereocenters. The van der Waals surface area contributed by atoms with E-state index in [0.29, 0.717) is 17.4 Å². The number of hydrogen-bond acceptors (Lipinski definition) is 6. The van der Waals surface area contributed by atoms with Crippen molar-refractivity contribution in [2.24, 2.45) is 5.92 Å². The Labute approximate surface area is 186 Å². The maximum absolute atomic E-state index is 13.4. The van der Waals surface area contributed by atoms with Gasteiger partial charge in [-0.05, 0) is 37.0 Å². The molecule has 1 aliphatic heterocycles. The van der Waals surface area contributed by atoms with Gasteiger partial charge in [0.1, 0.15) is 5.82 Å². The second-order valence-electron chi connectivity index (χ2n) is 8.25. The van der Waals surface area contributed by atoms with E-state index >= 15 is 0 Å². The standard InChI is InChI=1S/C22H30FN5O2S/c1-14(2)21(30)25-22-24-18(13-31-22)12-20(29)28(3)9-5-8-17-11-19(27-26-17)15-6-4-7-16(23)10-15/h4,6-7,10,13-14,17,19,26-27H,5,8-9,11-12H2,1-3H3,(H,24,25,30). The number of rotatable bonds is 9. The van der Waals surface area contributed by atoms with E-state index in [2.05, 4.69) is 21.2 Å². The topological polar surface area (TPSA) is 86.4 Å². The number of carbonyl (C=O) groups is 2. The highest BCUT2D eigenvalue weighted by molar-refractivity contribution is 7.13. The molecule has 0 spiro atoms. The lowest BCUT2D eigenvalue weighted by molar-refractivity contribution is -0.129. The van der Waals surface area contributed by atoms with Crippen molar-refractivity contribution in [1.29, 1.82) is 0 Å². The van der Waals surface area contributed by atoms with E-state index in [-0.39, 0.29) is 42.1 Å². The van der Waals surface area contributed by atoms with Gasteiger partial charge in [-0.2, -0.15) is 0 Å². The predicted octanol–water partition coefficient (Wildman–Crippen LogP) is 3.27. The molecule has 0 bridgehead atoms. The third-order valence-corrected chi connectivity index (χ3v) is 6.15. The summed E-state index contributed by atoms with van der Waals surface area (Å²) in [4.78, 5) is 30.3. The largest absolute Gasteiger partial charge is 0.345 e. The highest BCUT2D eigenvalue weighted by atomic mass is 32.1. The van der Waals surface area contributed by atoms with Crippen molar-refractivity contribution in [1.82, 2.24) is 20.7 Å². The molecule has 1 aliphatic rings. The first-order valence-corrected chi connectivity index (χ1v) is 11.5. The molecule has 3 N–H and O–H groups in total. The molecule has 168 valence electrons. The highest BCUT2D eigenvalue weighted by Gasteiger charge is 2.25. The van der Waals surface area contributed by atoms with Crippen LogP contribution in [0.15, 0.2) is 29.6 Å². The molecule has 1 saturated heterocycles. The Morgan fingerprint density at radius 2 is 2.16 bits per heavy atom. The number of benzene rings is 1. The Kier molecular flexibility index (Phi) is 8.11. The van der Waals surface area contributed by atoms with E-state index in [1.54, 1.807) is 24.1 Å². The summed E-state index contributed by atoms with van der Waals surface area (Å²) in [7, 11) is 1.80. The molecule has 31 heavy (non-hydrogen) atoms. The zero-order chi connectivity index (χ0) is 22.4. The number of likely N-dealkylation sites (N-methyl/N-ethyl adjacent to an activating group) is 1. The summed E-state index contributed by atoms with van der Waals surface area (Å²) in [5.74, 6) is -0.424. The second-order valence-corrected chi connectivity index (χ2v) is 9.11. The zero-order valence-electron chi connectivity index (χ0n) is 18.2. The summed E-state index contributed by atoms with van der Waals surface area (Å²) in [6, 6.07) is 7.04. The van der Waals surface area contributed by atoms with Crippen LogP contribution in [-0.4, -0.2) is 41.3 Å². The SMILES string of the molecule is CC(C)C(=O)Nc1nc(CC(=O)N(C)CCCC2CC(c3cccc(F)c3)NN2)cs1. The lowest BCUT2D eigenvalue weighted by Gasteiger charge is -2.18. The predicted molar refractivity (Wildman–Crippen MR) is 120 cm³/mol. The van der Waals surface area contributed by atoms with Crippen LogP contribution in [0.4, 0.5) is 9.52 Å². The summed E-state index contributed by atoms with van der Waals surface area (Å²) in [5.41, 5.74) is 8.11. The van der Waals surface area contributed by atoms with Crippen LogP contribution < -0.4 is 16.2 Å². The van der Waals surface area contributed by atoms with E-state index in [9.17, 15) is 14.0 Å². The van der Waals surface area contributed by atoms with Gasteiger partial charge in [0.15, 0.2) is 5.13 Å². The van der Waals surface area contributed by atoms with Crippen LogP contribution in [0.5, 0.6) is 0 Å². The Morgan fingerprint density at radius 3 is 2.90 bits per heavy atom. The zero-order valence-corrected chi connectivity index (χ0v) is 19.0. The Hall–Kier alpha value is -2.36. The molecule has 2 unspecified atom stereocenters. The van der Waals surface area contributed by atoms with Crippen molar-refractivity contribution in [2.45, 2.75) is 51.6 Å². The number of anilines is 1. The number of halogens is 1. The molecule has 2 heterocycles. The number of thiazole rings is 1. The maximum Gasteiger partial charge on any atom is 0.228 e. The number of nitrogens with one attached hydrogen (secondary N) is 3. The van der Waals surface area contributed by atoms with Crippen molar-refractivity contribution >= 4 is 28.3 Å². The van der Waals surface area contributed by atoms with Gasteiger partial charge in [0.2, 0.25) is 11.8 Å². The number of hydrogen-bond donors (Lipinski definition) is 3. The first-order valence-electron chi connectivity index (χ1n) is 10.6. The van der Waals surface area contributed by atoms with Crippen LogP contribution in [0.2, 0.25) is 0 Å². The Bertz CT molecular complexity index is 904. The van der Waals surface area contributed by atoms with Crippen LogP contribution in [-0.2, 0) is 16.0 Å². The van der Waals surface area contributed by atoms with E-state index < -0.39 is 0 Å². The van der Waals surface area contributed by atoms with Crippen molar-refractivity contribution < 1.29 is 14.0 Å². The van der Waals surface area contributed by atoms with Crippen molar-refractivity contribution in [3.63, 3.8) is 0 Å². The third-order valence-electron chi connectivity index (χ3n) is 5.34. The van der Waals surface area contributed by atoms with Crippen molar-refractivity contribution in [2.75, 3.05) is 18.9 Å². The van der Waals surface area contributed by atoms with E-state index in [1.807, 2.05) is 25.3 Å². The Balaban J connectivity index is 1.38. The van der Waals surface area contributed by atoms with Gasteiger partial charge < -0.3 is 10.2 Å². The van der Waals surface area contributed by atoms with E-state index in [1.165, 1.54) is 17.4 Å². The molecular formula is C22H30FN5O2S. The molecule has 0 radical (unpaired) electrons. The normalized spacial score (nSPS) is 18.4.